The Morgan fingerprint density at radius 3 is 2.00 bits per heavy atom. The van der Waals surface area contributed by atoms with Gasteiger partial charge in [0.25, 0.3) is 0 Å². The van der Waals surface area contributed by atoms with Gasteiger partial charge in [-0.2, -0.15) is 0 Å². The summed E-state index contributed by atoms with van der Waals surface area (Å²) in [5, 5.41) is 0. The van der Waals surface area contributed by atoms with Crippen molar-refractivity contribution >= 4 is 35.2 Å². The van der Waals surface area contributed by atoms with Crippen molar-refractivity contribution in [3.8, 4) is 0 Å². The minimum atomic E-state index is 1.11. The molecule has 54 valence electrons. The Labute approximate surface area is 80.6 Å². The molecule has 0 saturated carbocycles. The summed E-state index contributed by atoms with van der Waals surface area (Å²) in [7, 11) is 0. The Balaban J connectivity index is 3.31. The summed E-state index contributed by atoms with van der Waals surface area (Å²) in [6.45, 7) is 4.16. The molecule has 1 aromatic rings. The average molecular weight is 264 g/mol. The molecule has 0 spiro atoms. The van der Waals surface area contributed by atoms with Crippen molar-refractivity contribution in [3.63, 3.8) is 0 Å². The van der Waals surface area contributed by atoms with E-state index in [4.69, 9.17) is 0 Å². The van der Waals surface area contributed by atoms with E-state index in [-0.39, 0.29) is 0 Å². The first kappa shape index (κ1) is 8.40. The lowest BCUT2D eigenvalue weighted by molar-refractivity contribution is 1.21. The Morgan fingerprint density at radius 2 is 1.60 bits per heavy atom. The lowest BCUT2D eigenvalue weighted by Crippen LogP contribution is -1.83. The molecule has 0 aliphatic carbocycles. The number of halogens is 1. The highest BCUT2D eigenvalue weighted by molar-refractivity contribution is 14.1. The largest absolute Gasteiger partial charge is 0.143 e. The van der Waals surface area contributed by atoms with E-state index in [2.05, 4.69) is 61.2 Å². The van der Waals surface area contributed by atoms with Crippen molar-refractivity contribution in [2.75, 3.05) is 0 Å². The van der Waals surface area contributed by atoms with Crippen LogP contribution in [-0.2, 0) is 0 Å². The van der Waals surface area contributed by atoms with Crippen LogP contribution in [0.3, 0.4) is 0 Å². The SMILES string of the molecule is Cc1cc(I)cc(C)c1S. The van der Waals surface area contributed by atoms with Gasteiger partial charge in [-0.15, -0.1) is 12.6 Å². The summed E-state index contributed by atoms with van der Waals surface area (Å²) in [6.07, 6.45) is 0. The van der Waals surface area contributed by atoms with Crippen molar-refractivity contribution in [1.29, 1.82) is 0 Å². The Hall–Kier alpha value is 0.300. The maximum Gasteiger partial charge on any atom is 0.0136 e. The molecule has 10 heavy (non-hydrogen) atoms. The first-order chi connectivity index (χ1) is 4.61. The number of hydrogen-bond acceptors (Lipinski definition) is 1. The molecule has 0 bridgehead atoms. The van der Waals surface area contributed by atoms with Gasteiger partial charge in [-0.05, 0) is 59.7 Å². The van der Waals surface area contributed by atoms with Crippen molar-refractivity contribution in [2.24, 2.45) is 0 Å². The summed E-state index contributed by atoms with van der Waals surface area (Å²) in [6, 6.07) is 4.27. The Morgan fingerprint density at radius 1 is 1.20 bits per heavy atom. The minimum absolute atomic E-state index is 1.11. The van der Waals surface area contributed by atoms with E-state index in [9.17, 15) is 0 Å². The Bertz CT molecular complexity index is 232. The zero-order valence-corrected chi connectivity index (χ0v) is 9.03. The zero-order valence-electron chi connectivity index (χ0n) is 5.98. The van der Waals surface area contributed by atoms with E-state index in [0.717, 1.165) is 4.90 Å². The van der Waals surface area contributed by atoms with Gasteiger partial charge >= 0.3 is 0 Å². The summed E-state index contributed by atoms with van der Waals surface area (Å²) >= 11 is 6.67. The molecule has 1 aromatic carbocycles. The van der Waals surface area contributed by atoms with Gasteiger partial charge in [0.15, 0.2) is 0 Å². The topological polar surface area (TPSA) is 0 Å². The molecule has 0 fully saturated rings. The maximum atomic E-state index is 4.36. The molecular formula is C8H9IS. The molecule has 0 amide bonds. The number of aryl methyl sites for hydroxylation is 2. The molecule has 0 aliphatic heterocycles. The molecule has 0 saturated heterocycles. The fourth-order valence-corrected chi connectivity index (χ4v) is 1.97. The van der Waals surface area contributed by atoms with Crippen LogP contribution in [0.1, 0.15) is 11.1 Å². The van der Waals surface area contributed by atoms with Crippen LogP contribution in [0.5, 0.6) is 0 Å². The van der Waals surface area contributed by atoms with Crippen molar-refractivity contribution < 1.29 is 0 Å². The van der Waals surface area contributed by atoms with E-state index in [1.165, 1.54) is 14.7 Å². The summed E-state index contributed by atoms with van der Waals surface area (Å²) < 4.78 is 1.28. The van der Waals surface area contributed by atoms with E-state index >= 15 is 0 Å². The highest BCUT2D eigenvalue weighted by atomic mass is 127. The van der Waals surface area contributed by atoms with Crippen LogP contribution in [0.25, 0.3) is 0 Å². The standard InChI is InChI=1S/C8H9IS/c1-5-3-7(9)4-6(2)8(5)10/h3-4,10H,1-2H3. The first-order valence-corrected chi connectivity index (χ1v) is 4.59. The molecule has 0 heterocycles. The van der Waals surface area contributed by atoms with Crippen LogP contribution < -0.4 is 0 Å². The van der Waals surface area contributed by atoms with Crippen molar-refractivity contribution in [3.05, 3.63) is 26.8 Å². The predicted octanol–water partition coefficient (Wildman–Crippen LogP) is 3.20. The normalized spacial score (nSPS) is 10.0. The van der Waals surface area contributed by atoms with Crippen molar-refractivity contribution in [2.45, 2.75) is 18.7 Å². The fourth-order valence-electron chi connectivity index (χ4n) is 0.903. The molecular weight excluding hydrogens is 255 g/mol. The van der Waals surface area contributed by atoms with Crippen molar-refractivity contribution in [1.82, 2.24) is 0 Å². The van der Waals surface area contributed by atoms with E-state index < -0.39 is 0 Å². The van der Waals surface area contributed by atoms with Crippen LogP contribution in [0.2, 0.25) is 0 Å². The summed E-state index contributed by atoms with van der Waals surface area (Å²) in [5.41, 5.74) is 2.51. The molecule has 1 rings (SSSR count). The molecule has 0 aromatic heterocycles. The van der Waals surface area contributed by atoms with Gasteiger partial charge in [-0.1, -0.05) is 0 Å². The van der Waals surface area contributed by atoms with Crippen LogP contribution in [0, 0.1) is 17.4 Å². The average Bonchev–Trinajstić information content (AvgIpc) is 1.82. The smallest absolute Gasteiger partial charge is 0.0136 e. The number of benzene rings is 1. The second-order valence-corrected chi connectivity index (χ2v) is 4.08. The second-order valence-electron chi connectivity index (χ2n) is 2.39. The summed E-state index contributed by atoms with van der Waals surface area (Å²) in [4.78, 5) is 1.11. The van der Waals surface area contributed by atoms with Crippen LogP contribution in [0.4, 0.5) is 0 Å². The third kappa shape index (κ3) is 1.66. The van der Waals surface area contributed by atoms with Crippen LogP contribution >= 0.6 is 35.2 Å². The van der Waals surface area contributed by atoms with Gasteiger partial charge < -0.3 is 0 Å². The van der Waals surface area contributed by atoms with Gasteiger partial charge in [0.1, 0.15) is 0 Å². The van der Waals surface area contributed by atoms with Gasteiger partial charge in [-0.25, -0.2) is 0 Å². The number of rotatable bonds is 0. The lowest BCUT2D eigenvalue weighted by atomic mass is 10.2. The van der Waals surface area contributed by atoms with Crippen LogP contribution in [-0.4, -0.2) is 0 Å². The maximum absolute atomic E-state index is 4.36. The number of thiol groups is 1. The third-order valence-electron chi connectivity index (χ3n) is 1.46. The van der Waals surface area contributed by atoms with Crippen LogP contribution in [0.15, 0.2) is 17.0 Å². The van der Waals surface area contributed by atoms with Gasteiger partial charge in [0.2, 0.25) is 0 Å². The highest BCUT2D eigenvalue weighted by Gasteiger charge is 1.97. The van der Waals surface area contributed by atoms with E-state index in [1.807, 2.05) is 0 Å². The molecule has 0 N–H and O–H groups in total. The Kier molecular flexibility index (Phi) is 2.63. The molecule has 0 unspecified atom stereocenters. The lowest BCUT2D eigenvalue weighted by Gasteiger charge is -2.02. The van der Waals surface area contributed by atoms with Gasteiger partial charge in [0, 0.05) is 8.47 Å². The first-order valence-electron chi connectivity index (χ1n) is 3.07. The molecule has 0 radical (unpaired) electrons. The van der Waals surface area contributed by atoms with Gasteiger partial charge in [-0.3, -0.25) is 0 Å². The second kappa shape index (κ2) is 3.13. The summed E-state index contributed by atoms with van der Waals surface area (Å²) in [5.74, 6) is 0. The highest BCUT2D eigenvalue weighted by Crippen LogP contribution is 2.20. The monoisotopic (exact) mass is 264 g/mol. The molecule has 0 aliphatic rings. The quantitative estimate of drug-likeness (QED) is 0.540. The fraction of sp³-hybridized carbons (Fsp3) is 0.250. The molecule has 0 atom stereocenters. The van der Waals surface area contributed by atoms with E-state index in [1.54, 1.807) is 0 Å². The number of hydrogen-bond donors (Lipinski definition) is 1. The minimum Gasteiger partial charge on any atom is -0.143 e. The van der Waals surface area contributed by atoms with E-state index in [0.29, 0.717) is 0 Å². The van der Waals surface area contributed by atoms with Gasteiger partial charge in [0.05, 0.1) is 0 Å². The molecule has 0 nitrogen and oxygen atoms in total. The zero-order chi connectivity index (χ0) is 7.72. The third-order valence-corrected chi connectivity index (χ3v) is 2.78. The molecule has 2 heteroatoms. The predicted molar refractivity (Wildman–Crippen MR) is 55.9 cm³/mol.